The molecule has 18 heavy (non-hydrogen) atoms. The molecule has 0 aliphatic heterocycles. The largest absolute Gasteiger partial charge is 0.446 e. The second-order valence-electron chi connectivity index (χ2n) is 5.71. The lowest BCUT2D eigenvalue weighted by Crippen LogP contribution is -2.25. The molecule has 1 aromatic rings. The summed E-state index contributed by atoms with van der Waals surface area (Å²) in [7, 11) is 1.72. The van der Waals surface area contributed by atoms with Crippen molar-refractivity contribution in [3.63, 3.8) is 0 Å². The van der Waals surface area contributed by atoms with Gasteiger partial charge in [0.25, 0.3) is 0 Å². The van der Waals surface area contributed by atoms with Crippen LogP contribution in [0.3, 0.4) is 0 Å². The van der Waals surface area contributed by atoms with E-state index in [0.29, 0.717) is 5.92 Å². The molecule has 104 valence electrons. The van der Waals surface area contributed by atoms with Crippen molar-refractivity contribution >= 4 is 0 Å². The maximum atomic E-state index is 5.70. The van der Waals surface area contributed by atoms with E-state index in [9.17, 15) is 0 Å². The molecule has 1 aromatic heterocycles. The Morgan fingerprint density at radius 2 is 2.17 bits per heavy atom. The summed E-state index contributed by atoms with van der Waals surface area (Å²) in [5.41, 5.74) is -0.202. The van der Waals surface area contributed by atoms with Crippen molar-refractivity contribution < 1.29 is 9.15 Å². The van der Waals surface area contributed by atoms with Gasteiger partial charge in [-0.1, -0.05) is 13.8 Å². The van der Waals surface area contributed by atoms with Crippen molar-refractivity contribution in [2.75, 3.05) is 20.2 Å². The van der Waals surface area contributed by atoms with Crippen molar-refractivity contribution in [2.24, 2.45) is 5.92 Å². The van der Waals surface area contributed by atoms with E-state index in [2.05, 4.69) is 24.1 Å². The Morgan fingerprint density at radius 3 is 2.78 bits per heavy atom. The Morgan fingerprint density at radius 1 is 1.44 bits per heavy atom. The summed E-state index contributed by atoms with van der Waals surface area (Å²) in [5.74, 6) is 2.36. The fourth-order valence-electron chi connectivity index (χ4n) is 1.62. The number of oxazole rings is 1. The van der Waals surface area contributed by atoms with E-state index in [4.69, 9.17) is 9.15 Å². The van der Waals surface area contributed by atoms with Crippen LogP contribution in [-0.4, -0.2) is 30.8 Å². The predicted octanol–water partition coefficient (Wildman–Crippen LogP) is 2.43. The summed E-state index contributed by atoms with van der Waals surface area (Å²) >= 11 is 0. The number of aromatic nitrogens is 1. The molecule has 0 amide bonds. The van der Waals surface area contributed by atoms with Crippen LogP contribution in [0, 0.1) is 5.92 Å². The zero-order valence-electron chi connectivity index (χ0n) is 12.2. The van der Waals surface area contributed by atoms with Gasteiger partial charge in [0.1, 0.15) is 5.76 Å². The fraction of sp³-hybridized carbons (Fsp3) is 0.786. The standard InChI is InChI=1S/C14H26N2O2/c1-11(2)9-15-7-6-13-16-10-12(18-13)8-14(3,4)17-5/h10-11,15H,6-9H2,1-5H3. The van der Waals surface area contributed by atoms with Gasteiger partial charge in [-0.3, -0.25) is 0 Å². The van der Waals surface area contributed by atoms with E-state index in [1.807, 2.05) is 13.8 Å². The van der Waals surface area contributed by atoms with Gasteiger partial charge in [0.15, 0.2) is 5.89 Å². The van der Waals surface area contributed by atoms with Crippen LogP contribution in [0.4, 0.5) is 0 Å². The second-order valence-corrected chi connectivity index (χ2v) is 5.71. The van der Waals surface area contributed by atoms with Crippen molar-refractivity contribution in [2.45, 2.75) is 46.1 Å². The predicted molar refractivity (Wildman–Crippen MR) is 72.7 cm³/mol. The van der Waals surface area contributed by atoms with Gasteiger partial charge >= 0.3 is 0 Å². The zero-order valence-corrected chi connectivity index (χ0v) is 12.2. The van der Waals surface area contributed by atoms with Crippen LogP contribution in [0.1, 0.15) is 39.3 Å². The Hall–Kier alpha value is -0.870. The van der Waals surface area contributed by atoms with Gasteiger partial charge < -0.3 is 14.5 Å². The molecule has 4 heteroatoms. The van der Waals surface area contributed by atoms with Crippen molar-refractivity contribution in [3.8, 4) is 0 Å². The SMILES string of the molecule is COC(C)(C)Cc1cnc(CCNCC(C)C)o1. The van der Waals surface area contributed by atoms with Crippen LogP contribution in [0.25, 0.3) is 0 Å². The third kappa shape index (κ3) is 5.65. The molecular formula is C14H26N2O2. The molecule has 0 spiro atoms. The van der Waals surface area contributed by atoms with Gasteiger partial charge in [-0.25, -0.2) is 4.98 Å². The van der Waals surface area contributed by atoms with E-state index in [0.717, 1.165) is 37.6 Å². The summed E-state index contributed by atoms with van der Waals surface area (Å²) in [6, 6.07) is 0. The number of nitrogens with one attached hydrogen (secondary N) is 1. The smallest absolute Gasteiger partial charge is 0.195 e. The topological polar surface area (TPSA) is 47.3 Å². The van der Waals surface area contributed by atoms with E-state index >= 15 is 0 Å². The van der Waals surface area contributed by atoms with Crippen LogP contribution >= 0.6 is 0 Å². The molecule has 1 N–H and O–H groups in total. The molecule has 0 saturated carbocycles. The first-order valence-corrected chi connectivity index (χ1v) is 6.62. The third-order valence-corrected chi connectivity index (χ3v) is 2.82. The Bertz CT molecular complexity index is 345. The summed E-state index contributed by atoms with van der Waals surface area (Å²) in [4.78, 5) is 4.29. The molecule has 1 heterocycles. The summed E-state index contributed by atoms with van der Waals surface area (Å²) in [5, 5.41) is 3.38. The lowest BCUT2D eigenvalue weighted by Gasteiger charge is -2.20. The van der Waals surface area contributed by atoms with Gasteiger partial charge in [-0.2, -0.15) is 0 Å². The first kappa shape index (κ1) is 15.2. The summed E-state index contributed by atoms with van der Waals surface area (Å²) in [6.45, 7) is 10.4. The molecule has 1 rings (SSSR count). The number of methoxy groups -OCH3 is 1. The maximum Gasteiger partial charge on any atom is 0.195 e. The zero-order chi connectivity index (χ0) is 13.6. The van der Waals surface area contributed by atoms with Gasteiger partial charge in [0.2, 0.25) is 0 Å². The highest BCUT2D eigenvalue weighted by Gasteiger charge is 2.19. The van der Waals surface area contributed by atoms with Crippen LogP contribution in [-0.2, 0) is 17.6 Å². The summed E-state index contributed by atoms with van der Waals surface area (Å²) in [6.07, 6.45) is 3.38. The molecule has 0 saturated heterocycles. The van der Waals surface area contributed by atoms with Crippen molar-refractivity contribution in [1.82, 2.24) is 10.3 Å². The minimum absolute atomic E-state index is 0.202. The van der Waals surface area contributed by atoms with Gasteiger partial charge in [0.05, 0.1) is 11.8 Å². The highest BCUT2D eigenvalue weighted by molar-refractivity contribution is 4.98. The molecule has 0 unspecified atom stereocenters. The highest BCUT2D eigenvalue weighted by Crippen LogP contribution is 2.16. The normalized spacial score (nSPS) is 12.3. The second kappa shape index (κ2) is 6.90. The van der Waals surface area contributed by atoms with Crippen LogP contribution < -0.4 is 5.32 Å². The van der Waals surface area contributed by atoms with Crippen molar-refractivity contribution in [1.29, 1.82) is 0 Å². The lowest BCUT2D eigenvalue weighted by molar-refractivity contribution is 0.0190. The molecule has 0 atom stereocenters. The molecule has 4 nitrogen and oxygen atoms in total. The molecule has 0 aliphatic rings. The minimum Gasteiger partial charge on any atom is -0.446 e. The molecule has 0 aliphatic carbocycles. The highest BCUT2D eigenvalue weighted by atomic mass is 16.5. The van der Waals surface area contributed by atoms with Gasteiger partial charge in [-0.05, 0) is 26.3 Å². The first-order chi connectivity index (χ1) is 8.43. The van der Waals surface area contributed by atoms with E-state index in [1.54, 1.807) is 13.3 Å². The Labute approximate surface area is 110 Å². The average molecular weight is 254 g/mol. The van der Waals surface area contributed by atoms with E-state index in [-0.39, 0.29) is 5.60 Å². The molecule has 0 aromatic carbocycles. The monoisotopic (exact) mass is 254 g/mol. The third-order valence-electron chi connectivity index (χ3n) is 2.82. The number of rotatable bonds is 8. The number of hydrogen-bond donors (Lipinski definition) is 1. The van der Waals surface area contributed by atoms with Gasteiger partial charge in [-0.15, -0.1) is 0 Å². The average Bonchev–Trinajstić information content (AvgIpc) is 2.71. The van der Waals surface area contributed by atoms with E-state index in [1.165, 1.54) is 0 Å². The van der Waals surface area contributed by atoms with Crippen LogP contribution in [0.15, 0.2) is 10.6 Å². The van der Waals surface area contributed by atoms with Crippen molar-refractivity contribution in [3.05, 3.63) is 17.8 Å². The first-order valence-electron chi connectivity index (χ1n) is 6.62. The molecule has 0 bridgehead atoms. The molecule has 0 radical (unpaired) electrons. The lowest BCUT2D eigenvalue weighted by atomic mass is 10.0. The minimum atomic E-state index is -0.202. The fourth-order valence-corrected chi connectivity index (χ4v) is 1.62. The Balaban J connectivity index is 2.34. The molecule has 0 fully saturated rings. The number of ether oxygens (including phenoxy) is 1. The number of nitrogens with zero attached hydrogens (tertiary/aromatic N) is 1. The van der Waals surface area contributed by atoms with Crippen LogP contribution in [0.5, 0.6) is 0 Å². The number of hydrogen-bond acceptors (Lipinski definition) is 4. The van der Waals surface area contributed by atoms with Gasteiger partial charge in [0, 0.05) is 26.5 Å². The molecular weight excluding hydrogens is 228 g/mol. The van der Waals surface area contributed by atoms with E-state index < -0.39 is 0 Å². The Kier molecular flexibility index (Phi) is 5.82. The quantitative estimate of drug-likeness (QED) is 0.724. The van der Waals surface area contributed by atoms with Crippen LogP contribution in [0.2, 0.25) is 0 Å². The summed E-state index contributed by atoms with van der Waals surface area (Å²) < 4.78 is 11.1. The maximum absolute atomic E-state index is 5.70.